The lowest BCUT2D eigenvalue weighted by molar-refractivity contribution is -0.118. The van der Waals surface area contributed by atoms with Gasteiger partial charge in [0.05, 0.1) is 0 Å². The highest BCUT2D eigenvalue weighted by atomic mass is 16.2. The van der Waals surface area contributed by atoms with E-state index in [2.05, 4.69) is 34.9 Å². The smallest absolute Gasteiger partial charge is 0.228 e. The van der Waals surface area contributed by atoms with Gasteiger partial charge in [-0.15, -0.1) is 0 Å². The summed E-state index contributed by atoms with van der Waals surface area (Å²) in [6.07, 6.45) is 1.79. The molecular weight excluding hydrogens is 372 g/mol. The molecule has 0 saturated heterocycles. The fourth-order valence-corrected chi connectivity index (χ4v) is 4.21. The molecule has 0 heterocycles. The van der Waals surface area contributed by atoms with Gasteiger partial charge >= 0.3 is 0 Å². The van der Waals surface area contributed by atoms with Gasteiger partial charge in [-0.1, -0.05) is 60.7 Å². The van der Waals surface area contributed by atoms with E-state index in [1.165, 1.54) is 11.1 Å². The fourth-order valence-electron chi connectivity index (χ4n) is 4.21. The number of benzene rings is 3. The van der Waals surface area contributed by atoms with Gasteiger partial charge in [0.25, 0.3) is 0 Å². The number of carbonyl (C=O) groups excluding carboxylic acids is 2. The molecule has 150 valence electrons. The van der Waals surface area contributed by atoms with Crippen LogP contribution in [0.3, 0.4) is 0 Å². The average molecular weight is 396 g/mol. The Hall–Kier alpha value is -3.40. The van der Waals surface area contributed by atoms with Crippen LogP contribution in [-0.2, 0) is 9.59 Å². The van der Waals surface area contributed by atoms with Crippen molar-refractivity contribution in [2.45, 2.75) is 24.7 Å². The summed E-state index contributed by atoms with van der Waals surface area (Å²) in [6, 6.07) is 27.7. The Kier molecular flexibility index (Phi) is 4.83. The van der Waals surface area contributed by atoms with Gasteiger partial charge in [-0.25, -0.2) is 0 Å². The molecule has 4 atom stereocenters. The van der Waals surface area contributed by atoms with E-state index in [4.69, 9.17) is 0 Å². The topological polar surface area (TPSA) is 58.2 Å². The van der Waals surface area contributed by atoms with E-state index in [0.717, 1.165) is 24.2 Å². The van der Waals surface area contributed by atoms with Crippen molar-refractivity contribution in [3.63, 3.8) is 0 Å². The van der Waals surface area contributed by atoms with E-state index in [9.17, 15) is 9.59 Å². The van der Waals surface area contributed by atoms with Crippen LogP contribution >= 0.6 is 0 Å². The first-order valence-corrected chi connectivity index (χ1v) is 10.5. The lowest BCUT2D eigenvalue weighted by atomic mass is 10.1. The highest BCUT2D eigenvalue weighted by Gasteiger charge is 2.44. The first-order chi connectivity index (χ1) is 14.7. The molecule has 4 heteroatoms. The van der Waals surface area contributed by atoms with Gasteiger partial charge in [0, 0.05) is 23.2 Å². The van der Waals surface area contributed by atoms with E-state index >= 15 is 0 Å². The van der Waals surface area contributed by atoms with Gasteiger partial charge in [-0.05, 0) is 60.1 Å². The highest BCUT2D eigenvalue weighted by molar-refractivity contribution is 5.97. The SMILES string of the molecule is O=C(Nc1ccc(NC(=O)[C@@H]2C[C@@H]2c2ccccc2)cc1)[C@H]1C[C@H]1c1ccccc1. The standard InChI is InChI=1S/C26H24N2O2/c29-25(23-15-21(23)17-7-3-1-4-8-17)27-19-11-13-20(14-12-19)28-26(30)24-16-22(24)18-9-5-2-6-10-18/h1-14,21-24H,15-16H2,(H,27,29)(H,28,30)/t21-,22+,23-,24+. The normalized spacial score (nSPS) is 24.0. The summed E-state index contributed by atoms with van der Waals surface area (Å²) in [5, 5.41) is 5.99. The molecule has 0 aliphatic heterocycles. The molecule has 2 fully saturated rings. The van der Waals surface area contributed by atoms with Crippen molar-refractivity contribution in [1.29, 1.82) is 0 Å². The molecule has 0 radical (unpaired) electrons. The highest BCUT2D eigenvalue weighted by Crippen LogP contribution is 2.48. The third-order valence-electron chi connectivity index (χ3n) is 6.13. The zero-order chi connectivity index (χ0) is 20.5. The third-order valence-corrected chi connectivity index (χ3v) is 6.13. The molecule has 2 saturated carbocycles. The van der Waals surface area contributed by atoms with Crippen LogP contribution in [0, 0.1) is 11.8 Å². The predicted molar refractivity (Wildman–Crippen MR) is 118 cm³/mol. The number of carbonyl (C=O) groups is 2. The molecule has 2 amide bonds. The third kappa shape index (κ3) is 3.99. The molecule has 30 heavy (non-hydrogen) atoms. The van der Waals surface area contributed by atoms with Crippen LogP contribution in [0.1, 0.15) is 35.8 Å². The molecule has 0 spiro atoms. The Bertz CT molecular complexity index is 961. The summed E-state index contributed by atoms with van der Waals surface area (Å²) >= 11 is 0. The number of hydrogen-bond acceptors (Lipinski definition) is 2. The second kappa shape index (κ2) is 7.79. The minimum atomic E-state index is 0.0385. The van der Waals surface area contributed by atoms with Gasteiger partial charge in [0.2, 0.25) is 11.8 Å². The largest absolute Gasteiger partial charge is 0.326 e. The Morgan fingerprint density at radius 3 is 1.30 bits per heavy atom. The van der Waals surface area contributed by atoms with Crippen molar-refractivity contribution in [3.8, 4) is 0 Å². The van der Waals surface area contributed by atoms with E-state index < -0.39 is 0 Å². The first-order valence-electron chi connectivity index (χ1n) is 10.5. The Morgan fingerprint density at radius 2 is 0.933 bits per heavy atom. The minimum absolute atomic E-state index is 0.0385. The van der Waals surface area contributed by atoms with Crippen molar-refractivity contribution in [2.75, 3.05) is 10.6 Å². The van der Waals surface area contributed by atoms with Crippen LogP contribution in [0.2, 0.25) is 0 Å². The Morgan fingerprint density at radius 1 is 0.567 bits per heavy atom. The summed E-state index contributed by atoms with van der Waals surface area (Å²) in [5.41, 5.74) is 3.96. The Labute approximate surface area is 176 Å². The molecule has 0 bridgehead atoms. The molecule has 0 unspecified atom stereocenters. The van der Waals surface area contributed by atoms with Crippen molar-refractivity contribution < 1.29 is 9.59 Å². The monoisotopic (exact) mass is 396 g/mol. The van der Waals surface area contributed by atoms with E-state index in [0.29, 0.717) is 11.8 Å². The second-order valence-electron chi connectivity index (χ2n) is 8.27. The van der Waals surface area contributed by atoms with Gasteiger partial charge in [-0.3, -0.25) is 9.59 Å². The molecule has 2 aliphatic carbocycles. The molecule has 2 aliphatic rings. The number of nitrogens with one attached hydrogen (secondary N) is 2. The Balaban J connectivity index is 1.13. The maximum absolute atomic E-state index is 12.5. The quantitative estimate of drug-likeness (QED) is 0.604. The van der Waals surface area contributed by atoms with Gasteiger partial charge in [0.15, 0.2) is 0 Å². The molecular formula is C26H24N2O2. The molecule has 3 aromatic carbocycles. The lowest BCUT2D eigenvalue weighted by Gasteiger charge is -2.08. The summed E-state index contributed by atoms with van der Waals surface area (Å²) < 4.78 is 0. The van der Waals surface area contributed by atoms with Crippen LogP contribution in [0.25, 0.3) is 0 Å². The second-order valence-corrected chi connectivity index (χ2v) is 8.27. The number of anilines is 2. The summed E-state index contributed by atoms with van der Waals surface area (Å²) in [5.74, 6) is 0.837. The minimum Gasteiger partial charge on any atom is -0.326 e. The molecule has 3 aromatic rings. The van der Waals surface area contributed by atoms with Crippen molar-refractivity contribution in [1.82, 2.24) is 0 Å². The average Bonchev–Trinajstić information content (AvgIpc) is 3.70. The number of hydrogen-bond donors (Lipinski definition) is 2. The van der Waals surface area contributed by atoms with E-state index in [-0.39, 0.29) is 23.7 Å². The number of rotatable bonds is 6. The van der Waals surface area contributed by atoms with E-state index in [1.54, 1.807) is 0 Å². The molecule has 2 N–H and O–H groups in total. The summed E-state index contributed by atoms with van der Waals surface area (Å²) in [4.78, 5) is 25.0. The van der Waals surface area contributed by atoms with Crippen molar-refractivity contribution in [3.05, 3.63) is 96.1 Å². The van der Waals surface area contributed by atoms with Crippen LogP contribution < -0.4 is 10.6 Å². The fraction of sp³-hybridized carbons (Fsp3) is 0.231. The van der Waals surface area contributed by atoms with Gasteiger partial charge < -0.3 is 10.6 Å². The molecule has 0 aromatic heterocycles. The van der Waals surface area contributed by atoms with Gasteiger partial charge in [-0.2, -0.15) is 0 Å². The summed E-state index contributed by atoms with van der Waals surface area (Å²) in [6.45, 7) is 0. The zero-order valence-electron chi connectivity index (χ0n) is 16.6. The number of amides is 2. The predicted octanol–water partition coefficient (Wildman–Crippen LogP) is 5.17. The van der Waals surface area contributed by atoms with Crippen LogP contribution in [0.15, 0.2) is 84.9 Å². The van der Waals surface area contributed by atoms with E-state index in [1.807, 2.05) is 60.7 Å². The maximum Gasteiger partial charge on any atom is 0.228 e. The summed E-state index contributed by atoms with van der Waals surface area (Å²) in [7, 11) is 0. The van der Waals surface area contributed by atoms with Crippen LogP contribution in [0.4, 0.5) is 11.4 Å². The lowest BCUT2D eigenvalue weighted by Crippen LogP contribution is -2.16. The van der Waals surface area contributed by atoms with Crippen LogP contribution in [0.5, 0.6) is 0 Å². The van der Waals surface area contributed by atoms with Gasteiger partial charge in [0.1, 0.15) is 0 Å². The first kappa shape index (κ1) is 18.6. The zero-order valence-corrected chi connectivity index (χ0v) is 16.6. The van der Waals surface area contributed by atoms with Crippen LogP contribution in [-0.4, -0.2) is 11.8 Å². The maximum atomic E-state index is 12.5. The molecule has 5 rings (SSSR count). The van der Waals surface area contributed by atoms with Crippen molar-refractivity contribution in [2.24, 2.45) is 11.8 Å². The van der Waals surface area contributed by atoms with Crippen molar-refractivity contribution >= 4 is 23.2 Å². The molecule has 4 nitrogen and oxygen atoms in total.